The van der Waals surface area contributed by atoms with Crippen LogP contribution in [0.1, 0.15) is 37.8 Å². The van der Waals surface area contributed by atoms with Crippen LogP contribution in [0.25, 0.3) is 0 Å². The Morgan fingerprint density at radius 2 is 1.87 bits per heavy atom. The number of nitrogens with one attached hydrogen (secondary N) is 1. The summed E-state index contributed by atoms with van der Waals surface area (Å²) in [5, 5.41) is 2.90. The molecule has 2 rings (SSSR count). The summed E-state index contributed by atoms with van der Waals surface area (Å²) in [6.45, 7) is 4.70. The van der Waals surface area contributed by atoms with E-state index in [0.717, 1.165) is 24.2 Å². The van der Waals surface area contributed by atoms with E-state index in [0.29, 0.717) is 24.4 Å². The van der Waals surface area contributed by atoms with Gasteiger partial charge in [-0.2, -0.15) is 0 Å². The molecule has 0 aliphatic heterocycles. The van der Waals surface area contributed by atoms with E-state index >= 15 is 0 Å². The van der Waals surface area contributed by atoms with Crippen molar-refractivity contribution < 1.29 is 18.7 Å². The van der Waals surface area contributed by atoms with Gasteiger partial charge >= 0.3 is 0 Å². The Morgan fingerprint density at radius 1 is 1.16 bits per heavy atom. The van der Waals surface area contributed by atoms with Crippen LogP contribution in [0.5, 0.6) is 5.75 Å². The van der Waals surface area contributed by atoms with Crippen molar-refractivity contribution in [1.29, 1.82) is 0 Å². The summed E-state index contributed by atoms with van der Waals surface area (Å²) < 4.78 is 19.0. The van der Waals surface area contributed by atoms with Gasteiger partial charge in [-0.3, -0.25) is 9.59 Å². The standard InChI is InChI=1S/C24H31FN2O3S/c1-4-5-14-26-24(29)18(2)27(15-19-10-12-21(30-3)13-11-19)23(28)17-31-16-20-8-6-7-9-22(20)25/h6-13,18H,4-5,14-17H2,1-3H3,(H,26,29)/t18-/m0/s1. The van der Waals surface area contributed by atoms with Gasteiger partial charge in [-0.1, -0.05) is 43.7 Å². The molecular formula is C24H31FN2O3S. The number of thioether (sulfide) groups is 1. The summed E-state index contributed by atoms with van der Waals surface area (Å²) in [6.07, 6.45) is 1.87. The van der Waals surface area contributed by atoms with Crippen molar-refractivity contribution in [2.45, 2.75) is 45.0 Å². The first-order chi connectivity index (χ1) is 15.0. The van der Waals surface area contributed by atoms with Gasteiger partial charge in [0.2, 0.25) is 11.8 Å². The molecule has 0 aromatic heterocycles. The van der Waals surface area contributed by atoms with Gasteiger partial charge in [0.25, 0.3) is 0 Å². The minimum atomic E-state index is -0.611. The Morgan fingerprint density at radius 3 is 2.52 bits per heavy atom. The number of methoxy groups -OCH3 is 1. The number of nitrogens with zero attached hydrogens (tertiary/aromatic N) is 1. The highest BCUT2D eigenvalue weighted by Gasteiger charge is 2.26. The largest absolute Gasteiger partial charge is 0.497 e. The molecule has 1 N–H and O–H groups in total. The van der Waals surface area contributed by atoms with Crippen LogP contribution >= 0.6 is 11.8 Å². The Kier molecular flexibility index (Phi) is 10.4. The third-order valence-corrected chi connectivity index (χ3v) is 5.92. The first-order valence-corrected chi connectivity index (χ1v) is 11.6. The van der Waals surface area contributed by atoms with E-state index in [1.54, 1.807) is 37.1 Å². The summed E-state index contributed by atoms with van der Waals surface area (Å²) in [7, 11) is 1.60. The highest BCUT2D eigenvalue weighted by Crippen LogP contribution is 2.19. The minimum Gasteiger partial charge on any atom is -0.497 e. The molecule has 0 aliphatic rings. The fourth-order valence-electron chi connectivity index (χ4n) is 2.99. The molecular weight excluding hydrogens is 415 g/mol. The topological polar surface area (TPSA) is 58.6 Å². The monoisotopic (exact) mass is 446 g/mol. The average Bonchev–Trinajstić information content (AvgIpc) is 2.78. The highest BCUT2D eigenvalue weighted by molar-refractivity contribution is 7.99. The average molecular weight is 447 g/mol. The molecule has 168 valence electrons. The molecule has 31 heavy (non-hydrogen) atoms. The first-order valence-electron chi connectivity index (χ1n) is 10.5. The van der Waals surface area contributed by atoms with Gasteiger partial charge in [0.1, 0.15) is 17.6 Å². The summed E-state index contributed by atoms with van der Waals surface area (Å²) in [5.74, 6) is 0.682. The third-order valence-electron chi connectivity index (χ3n) is 4.95. The maximum atomic E-state index is 13.8. The first kappa shape index (κ1) is 24.7. The maximum Gasteiger partial charge on any atom is 0.242 e. The molecule has 0 heterocycles. The fraction of sp³-hybridized carbons (Fsp3) is 0.417. The van der Waals surface area contributed by atoms with Crippen LogP contribution in [0, 0.1) is 5.82 Å². The lowest BCUT2D eigenvalue weighted by Gasteiger charge is -2.29. The van der Waals surface area contributed by atoms with Gasteiger partial charge < -0.3 is 15.0 Å². The van der Waals surface area contributed by atoms with E-state index in [9.17, 15) is 14.0 Å². The number of hydrogen-bond donors (Lipinski definition) is 1. The Labute approximate surface area is 188 Å². The number of hydrogen-bond acceptors (Lipinski definition) is 4. The van der Waals surface area contributed by atoms with E-state index in [-0.39, 0.29) is 23.4 Å². The highest BCUT2D eigenvalue weighted by atomic mass is 32.2. The van der Waals surface area contributed by atoms with Gasteiger partial charge in [0.05, 0.1) is 12.9 Å². The van der Waals surface area contributed by atoms with Crippen LogP contribution in [-0.4, -0.2) is 42.2 Å². The van der Waals surface area contributed by atoms with Crippen molar-refractivity contribution in [3.05, 3.63) is 65.5 Å². The fourth-order valence-corrected chi connectivity index (χ4v) is 3.89. The molecule has 1 atom stereocenters. The lowest BCUT2D eigenvalue weighted by molar-refractivity contribution is -0.138. The summed E-state index contributed by atoms with van der Waals surface area (Å²) >= 11 is 1.34. The van der Waals surface area contributed by atoms with Crippen molar-refractivity contribution in [2.24, 2.45) is 0 Å². The molecule has 2 aromatic carbocycles. The zero-order valence-electron chi connectivity index (χ0n) is 18.4. The van der Waals surface area contributed by atoms with E-state index in [2.05, 4.69) is 12.2 Å². The molecule has 0 bridgehead atoms. The van der Waals surface area contributed by atoms with Crippen LogP contribution in [0.3, 0.4) is 0 Å². The zero-order chi connectivity index (χ0) is 22.6. The van der Waals surface area contributed by atoms with Crippen LogP contribution in [-0.2, 0) is 21.9 Å². The second-order valence-electron chi connectivity index (χ2n) is 7.27. The molecule has 0 spiro atoms. The van der Waals surface area contributed by atoms with Crippen LogP contribution in [0.4, 0.5) is 4.39 Å². The number of carbonyl (C=O) groups excluding carboxylic acids is 2. The van der Waals surface area contributed by atoms with Gasteiger partial charge in [-0.15, -0.1) is 11.8 Å². The molecule has 5 nitrogen and oxygen atoms in total. The van der Waals surface area contributed by atoms with Crippen molar-refractivity contribution >= 4 is 23.6 Å². The van der Waals surface area contributed by atoms with Gasteiger partial charge in [0, 0.05) is 18.8 Å². The number of benzene rings is 2. The predicted octanol–water partition coefficient (Wildman–Crippen LogP) is 4.40. The lowest BCUT2D eigenvalue weighted by atomic mass is 10.1. The van der Waals surface area contributed by atoms with Crippen molar-refractivity contribution in [3.8, 4) is 5.75 Å². The number of ether oxygens (including phenoxy) is 1. The third kappa shape index (κ3) is 7.90. The van der Waals surface area contributed by atoms with Gasteiger partial charge in [0.15, 0.2) is 0 Å². The number of amides is 2. The van der Waals surface area contributed by atoms with E-state index in [1.807, 2.05) is 24.3 Å². The van der Waals surface area contributed by atoms with Crippen LogP contribution in [0.2, 0.25) is 0 Å². The number of unbranched alkanes of at least 4 members (excludes halogenated alkanes) is 1. The smallest absolute Gasteiger partial charge is 0.242 e. The zero-order valence-corrected chi connectivity index (χ0v) is 19.2. The molecule has 0 saturated heterocycles. The molecule has 0 fully saturated rings. The predicted molar refractivity (Wildman–Crippen MR) is 123 cm³/mol. The molecule has 0 unspecified atom stereocenters. The van der Waals surface area contributed by atoms with Crippen LogP contribution in [0.15, 0.2) is 48.5 Å². The number of halogens is 1. The Bertz CT molecular complexity index is 845. The van der Waals surface area contributed by atoms with Gasteiger partial charge in [-0.25, -0.2) is 4.39 Å². The molecule has 2 amide bonds. The second kappa shape index (κ2) is 13.0. The Balaban J connectivity index is 2.06. The van der Waals surface area contributed by atoms with Crippen molar-refractivity contribution in [2.75, 3.05) is 19.4 Å². The van der Waals surface area contributed by atoms with E-state index in [4.69, 9.17) is 4.74 Å². The van der Waals surface area contributed by atoms with Gasteiger partial charge in [-0.05, 0) is 42.7 Å². The maximum absolute atomic E-state index is 13.8. The minimum absolute atomic E-state index is 0.157. The second-order valence-corrected chi connectivity index (χ2v) is 8.26. The molecule has 0 saturated carbocycles. The van der Waals surface area contributed by atoms with Crippen LogP contribution < -0.4 is 10.1 Å². The lowest BCUT2D eigenvalue weighted by Crippen LogP contribution is -2.48. The molecule has 2 aromatic rings. The summed E-state index contributed by atoms with van der Waals surface area (Å²) in [4.78, 5) is 27.2. The normalized spacial score (nSPS) is 11.6. The van der Waals surface area contributed by atoms with Crippen molar-refractivity contribution in [3.63, 3.8) is 0 Å². The number of carbonyl (C=O) groups is 2. The summed E-state index contributed by atoms with van der Waals surface area (Å²) in [5.41, 5.74) is 1.47. The summed E-state index contributed by atoms with van der Waals surface area (Å²) in [6, 6.07) is 13.4. The quantitative estimate of drug-likeness (QED) is 0.491. The molecule has 7 heteroatoms. The SMILES string of the molecule is CCCCNC(=O)[C@H](C)N(Cc1ccc(OC)cc1)C(=O)CSCc1ccccc1F. The van der Waals surface area contributed by atoms with Crippen molar-refractivity contribution in [1.82, 2.24) is 10.2 Å². The van der Waals surface area contributed by atoms with E-state index in [1.165, 1.54) is 17.8 Å². The molecule has 0 radical (unpaired) electrons. The Hall–Kier alpha value is -2.54. The molecule has 0 aliphatic carbocycles. The number of rotatable bonds is 12. The van der Waals surface area contributed by atoms with E-state index < -0.39 is 6.04 Å².